The Balaban J connectivity index is 1.81. The van der Waals surface area contributed by atoms with Crippen molar-refractivity contribution in [2.24, 2.45) is 0 Å². The summed E-state index contributed by atoms with van der Waals surface area (Å²) in [6.07, 6.45) is 0.621. The number of halogens is 1. The minimum Gasteiger partial charge on any atom is -0.465 e. The molecular formula is C18H22FN3O4S. The van der Waals surface area contributed by atoms with Gasteiger partial charge in [0.1, 0.15) is 18.0 Å². The molecule has 0 aromatic heterocycles. The van der Waals surface area contributed by atoms with Crippen molar-refractivity contribution in [3.05, 3.63) is 35.6 Å². The van der Waals surface area contributed by atoms with Crippen LogP contribution in [0.4, 0.5) is 9.18 Å². The van der Waals surface area contributed by atoms with Crippen LogP contribution in [0.25, 0.3) is 0 Å². The van der Waals surface area contributed by atoms with Crippen LogP contribution in [0.2, 0.25) is 0 Å². The molecule has 1 aromatic carbocycles. The summed E-state index contributed by atoms with van der Waals surface area (Å²) in [7, 11) is 0. The molecule has 3 amide bonds. The average Bonchev–Trinajstić information content (AvgIpc) is 2.62. The van der Waals surface area contributed by atoms with Gasteiger partial charge in [-0.3, -0.25) is 14.5 Å². The Morgan fingerprint density at radius 1 is 1.37 bits per heavy atom. The predicted octanol–water partition coefficient (Wildman–Crippen LogP) is 1.48. The number of amides is 3. The van der Waals surface area contributed by atoms with Crippen molar-refractivity contribution in [1.82, 2.24) is 14.7 Å². The second kappa shape index (κ2) is 8.16. The van der Waals surface area contributed by atoms with Crippen LogP contribution in [-0.4, -0.2) is 81.6 Å². The summed E-state index contributed by atoms with van der Waals surface area (Å²) in [6.45, 7) is 0.615. The second-order valence-electron chi connectivity index (χ2n) is 6.64. The lowest BCUT2D eigenvalue weighted by molar-refractivity contribution is -0.165. The standard InChI is InChI=1S/C18H22FN3O4S/c1-27-11-14-17(24)20(7-5-12-3-2-4-13(19)9-12)10-15-21(18(25)26)8-6-16(23)22(14)15/h2-4,9,14-15H,5-8,10-11H2,1H3,(H,25,26)/t14-,15-/m1/s1. The Labute approximate surface area is 161 Å². The number of fused-ring (bicyclic) bond motifs is 1. The van der Waals surface area contributed by atoms with Crippen LogP contribution < -0.4 is 0 Å². The molecule has 2 saturated heterocycles. The smallest absolute Gasteiger partial charge is 0.409 e. The van der Waals surface area contributed by atoms with Gasteiger partial charge in [-0.1, -0.05) is 12.1 Å². The number of hydrogen-bond donors (Lipinski definition) is 1. The van der Waals surface area contributed by atoms with Gasteiger partial charge in [0.05, 0.1) is 6.54 Å². The van der Waals surface area contributed by atoms with E-state index in [-0.39, 0.29) is 37.1 Å². The molecule has 1 N–H and O–H groups in total. The molecule has 1 aromatic rings. The van der Waals surface area contributed by atoms with E-state index in [1.165, 1.54) is 33.7 Å². The molecule has 0 unspecified atom stereocenters. The zero-order valence-corrected chi connectivity index (χ0v) is 15.8. The molecular weight excluding hydrogens is 373 g/mol. The second-order valence-corrected chi connectivity index (χ2v) is 7.55. The van der Waals surface area contributed by atoms with Crippen LogP contribution in [0.15, 0.2) is 24.3 Å². The highest BCUT2D eigenvalue weighted by Crippen LogP contribution is 2.27. The summed E-state index contributed by atoms with van der Waals surface area (Å²) in [6, 6.07) is 5.51. The van der Waals surface area contributed by atoms with Crippen molar-refractivity contribution < 1.29 is 23.9 Å². The number of benzene rings is 1. The summed E-state index contributed by atoms with van der Waals surface area (Å²) < 4.78 is 13.4. The van der Waals surface area contributed by atoms with Gasteiger partial charge in [-0.05, 0) is 30.4 Å². The Morgan fingerprint density at radius 2 is 2.15 bits per heavy atom. The third-order valence-electron chi connectivity index (χ3n) is 4.98. The highest BCUT2D eigenvalue weighted by Gasteiger charge is 2.48. The fourth-order valence-corrected chi connectivity index (χ4v) is 4.30. The van der Waals surface area contributed by atoms with Crippen molar-refractivity contribution in [3.8, 4) is 0 Å². The first kappa shape index (κ1) is 19.5. The Bertz CT molecular complexity index is 747. The number of piperazine rings is 1. The van der Waals surface area contributed by atoms with E-state index in [0.717, 1.165) is 5.56 Å². The minimum absolute atomic E-state index is 0.0876. The van der Waals surface area contributed by atoms with Crippen molar-refractivity contribution in [3.63, 3.8) is 0 Å². The third kappa shape index (κ3) is 4.02. The fraction of sp³-hybridized carbons (Fsp3) is 0.500. The number of carbonyl (C=O) groups is 3. The number of rotatable bonds is 5. The molecule has 27 heavy (non-hydrogen) atoms. The molecule has 2 fully saturated rings. The maximum absolute atomic E-state index is 13.4. The molecule has 9 heteroatoms. The number of carbonyl (C=O) groups excluding carboxylic acids is 2. The van der Waals surface area contributed by atoms with Gasteiger partial charge < -0.3 is 14.9 Å². The van der Waals surface area contributed by atoms with Crippen LogP contribution >= 0.6 is 11.8 Å². The summed E-state index contributed by atoms with van der Waals surface area (Å²) in [4.78, 5) is 41.3. The third-order valence-corrected chi connectivity index (χ3v) is 5.63. The molecule has 0 bridgehead atoms. The highest BCUT2D eigenvalue weighted by atomic mass is 32.2. The molecule has 2 aliphatic heterocycles. The van der Waals surface area contributed by atoms with Gasteiger partial charge in [0, 0.05) is 25.3 Å². The van der Waals surface area contributed by atoms with Gasteiger partial charge in [-0.2, -0.15) is 11.8 Å². The van der Waals surface area contributed by atoms with E-state index < -0.39 is 18.3 Å². The number of carboxylic acid groups (broad SMARTS) is 1. The Kier molecular flexibility index (Phi) is 5.88. The molecule has 7 nitrogen and oxygen atoms in total. The molecule has 2 heterocycles. The number of hydrogen-bond acceptors (Lipinski definition) is 4. The monoisotopic (exact) mass is 395 g/mol. The quantitative estimate of drug-likeness (QED) is 0.817. The van der Waals surface area contributed by atoms with E-state index >= 15 is 0 Å². The zero-order chi connectivity index (χ0) is 19.6. The maximum atomic E-state index is 13.4. The molecule has 2 aliphatic rings. The predicted molar refractivity (Wildman–Crippen MR) is 98.8 cm³/mol. The summed E-state index contributed by atoms with van der Waals surface area (Å²) in [5.41, 5.74) is 0.765. The van der Waals surface area contributed by atoms with Gasteiger partial charge in [0.2, 0.25) is 11.8 Å². The van der Waals surface area contributed by atoms with Gasteiger partial charge in [0.15, 0.2) is 0 Å². The minimum atomic E-state index is -1.10. The van der Waals surface area contributed by atoms with Crippen LogP contribution in [0.1, 0.15) is 12.0 Å². The first-order chi connectivity index (χ1) is 12.9. The first-order valence-corrected chi connectivity index (χ1v) is 10.1. The van der Waals surface area contributed by atoms with Crippen LogP contribution in [-0.2, 0) is 16.0 Å². The van der Waals surface area contributed by atoms with Gasteiger partial charge in [-0.15, -0.1) is 0 Å². The lowest BCUT2D eigenvalue weighted by atomic mass is 10.0. The van der Waals surface area contributed by atoms with Crippen molar-refractivity contribution in [1.29, 1.82) is 0 Å². The summed E-state index contributed by atoms with van der Waals surface area (Å²) in [5.74, 6) is -0.295. The molecule has 3 rings (SSSR count). The normalized spacial score (nSPS) is 22.8. The topological polar surface area (TPSA) is 81.2 Å². The summed E-state index contributed by atoms with van der Waals surface area (Å²) in [5, 5.41) is 9.51. The van der Waals surface area contributed by atoms with Crippen LogP contribution in [0.3, 0.4) is 0 Å². The van der Waals surface area contributed by atoms with Crippen LogP contribution in [0, 0.1) is 5.82 Å². The molecule has 146 valence electrons. The molecule has 2 atom stereocenters. The van der Waals surface area contributed by atoms with E-state index in [1.807, 2.05) is 6.26 Å². The maximum Gasteiger partial charge on any atom is 0.409 e. The van der Waals surface area contributed by atoms with E-state index in [4.69, 9.17) is 0 Å². The summed E-state index contributed by atoms with van der Waals surface area (Å²) >= 11 is 1.44. The van der Waals surface area contributed by atoms with Crippen LogP contribution in [0.5, 0.6) is 0 Å². The molecule has 0 spiro atoms. The Morgan fingerprint density at radius 3 is 2.81 bits per heavy atom. The van der Waals surface area contributed by atoms with E-state index in [1.54, 1.807) is 17.0 Å². The molecule has 0 aliphatic carbocycles. The van der Waals surface area contributed by atoms with E-state index in [9.17, 15) is 23.9 Å². The SMILES string of the molecule is CSC[C@@H]1C(=O)N(CCc2cccc(F)c2)C[C@@H]2N(C(=O)O)CCC(=O)N12. The largest absolute Gasteiger partial charge is 0.465 e. The van der Waals surface area contributed by atoms with Crippen molar-refractivity contribution >= 4 is 29.7 Å². The number of thioether (sulfide) groups is 1. The van der Waals surface area contributed by atoms with E-state index in [2.05, 4.69) is 0 Å². The van der Waals surface area contributed by atoms with Gasteiger partial charge in [-0.25, -0.2) is 9.18 Å². The molecule has 0 radical (unpaired) electrons. The van der Waals surface area contributed by atoms with Gasteiger partial charge in [0.25, 0.3) is 0 Å². The van der Waals surface area contributed by atoms with Gasteiger partial charge >= 0.3 is 6.09 Å². The van der Waals surface area contributed by atoms with E-state index in [0.29, 0.717) is 18.7 Å². The highest BCUT2D eigenvalue weighted by molar-refractivity contribution is 7.98. The zero-order valence-electron chi connectivity index (χ0n) is 15.0. The van der Waals surface area contributed by atoms with Crippen molar-refractivity contribution in [2.75, 3.05) is 31.6 Å². The lowest BCUT2D eigenvalue weighted by Crippen LogP contribution is -2.71. The van der Waals surface area contributed by atoms with Crippen molar-refractivity contribution in [2.45, 2.75) is 25.0 Å². The fourth-order valence-electron chi connectivity index (χ4n) is 3.69. The number of nitrogens with zero attached hydrogens (tertiary/aromatic N) is 3. The first-order valence-electron chi connectivity index (χ1n) is 8.75. The molecule has 0 saturated carbocycles. The lowest BCUT2D eigenvalue weighted by Gasteiger charge is -2.51. The average molecular weight is 395 g/mol. The Hall–Kier alpha value is -2.29.